The predicted molar refractivity (Wildman–Crippen MR) is 71.0 cm³/mol. The number of allylic oxidation sites excluding steroid dienone is 9. The Morgan fingerprint density at radius 3 is 1.81 bits per heavy atom. The van der Waals surface area contributed by atoms with Crippen LogP contribution in [0.5, 0.6) is 0 Å². The summed E-state index contributed by atoms with van der Waals surface area (Å²) in [6.45, 7) is 0. The molecule has 0 saturated carbocycles. The lowest BCUT2D eigenvalue weighted by atomic mass is 10.1. The van der Waals surface area contributed by atoms with E-state index >= 15 is 0 Å². The number of hydrogen-bond acceptors (Lipinski definition) is 0. The van der Waals surface area contributed by atoms with Crippen LogP contribution in [0, 0.1) is 0 Å². The SMILES string of the molecule is C1=CC=CC(=Cc2ccccc2)C=CC=C1. The minimum absolute atomic E-state index is 1.20. The summed E-state index contributed by atoms with van der Waals surface area (Å²) in [5.74, 6) is 0. The smallest absolute Gasteiger partial charge is 0.0251 e. The summed E-state index contributed by atoms with van der Waals surface area (Å²) in [4.78, 5) is 0. The first-order chi connectivity index (χ1) is 7.95. The molecular weight excluding hydrogens is 192 g/mol. The molecule has 0 spiro atoms. The molecule has 0 bridgehead atoms. The highest BCUT2D eigenvalue weighted by molar-refractivity contribution is 5.60. The summed E-state index contributed by atoms with van der Waals surface area (Å²) in [7, 11) is 0. The fraction of sp³-hybridized carbons (Fsp3) is 0. The highest BCUT2D eigenvalue weighted by atomic mass is 13.9. The minimum atomic E-state index is 1.20. The Hall–Kier alpha value is -2.08. The van der Waals surface area contributed by atoms with Crippen LogP contribution in [0.1, 0.15) is 5.56 Å². The Bertz CT molecular complexity index is 444. The van der Waals surface area contributed by atoms with E-state index in [1.807, 2.05) is 30.4 Å². The molecule has 0 radical (unpaired) electrons. The molecule has 0 aromatic heterocycles. The molecule has 1 aromatic rings. The van der Waals surface area contributed by atoms with Crippen molar-refractivity contribution in [2.45, 2.75) is 0 Å². The normalized spacial score (nSPS) is 14.4. The van der Waals surface area contributed by atoms with Gasteiger partial charge in [-0.05, 0) is 17.2 Å². The molecule has 16 heavy (non-hydrogen) atoms. The topological polar surface area (TPSA) is 0 Å². The minimum Gasteiger partial charge on any atom is -0.0623 e. The Balaban J connectivity index is 2.28. The standard InChI is InChI=1S/C16H14/c1-2-4-7-11-15(10-6-3-1)14-16-12-8-5-9-13-16/h1-14H. The third-order valence-electron chi connectivity index (χ3n) is 2.27. The molecule has 0 aliphatic heterocycles. The maximum absolute atomic E-state index is 2.17. The average molecular weight is 206 g/mol. The van der Waals surface area contributed by atoms with Crippen molar-refractivity contribution >= 4 is 6.08 Å². The van der Waals surface area contributed by atoms with E-state index in [-0.39, 0.29) is 0 Å². The lowest BCUT2D eigenvalue weighted by molar-refractivity contribution is 1.63. The van der Waals surface area contributed by atoms with Crippen molar-refractivity contribution in [1.82, 2.24) is 0 Å². The third-order valence-corrected chi connectivity index (χ3v) is 2.27. The monoisotopic (exact) mass is 206 g/mol. The third kappa shape index (κ3) is 3.25. The molecule has 0 atom stereocenters. The van der Waals surface area contributed by atoms with Crippen molar-refractivity contribution in [3.05, 3.63) is 90.1 Å². The summed E-state index contributed by atoms with van der Waals surface area (Å²) in [6, 6.07) is 10.3. The molecule has 0 heteroatoms. The van der Waals surface area contributed by atoms with Crippen LogP contribution in [0.15, 0.2) is 84.5 Å². The maximum atomic E-state index is 2.17. The highest BCUT2D eigenvalue weighted by Gasteiger charge is 1.88. The Labute approximate surface area is 96.6 Å². The van der Waals surface area contributed by atoms with E-state index < -0.39 is 0 Å². The highest BCUT2D eigenvalue weighted by Crippen LogP contribution is 2.10. The van der Waals surface area contributed by atoms with Gasteiger partial charge in [-0.2, -0.15) is 0 Å². The molecule has 0 unspecified atom stereocenters. The molecule has 0 heterocycles. The molecular formula is C16H14. The van der Waals surface area contributed by atoms with Gasteiger partial charge in [-0.1, -0.05) is 78.9 Å². The zero-order valence-corrected chi connectivity index (χ0v) is 9.08. The summed E-state index contributed by atoms with van der Waals surface area (Å²) < 4.78 is 0. The Kier molecular flexibility index (Phi) is 3.73. The summed E-state index contributed by atoms with van der Waals surface area (Å²) in [5, 5.41) is 0. The molecule has 1 aliphatic rings. The van der Waals surface area contributed by atoms with Crippen LogP contribution in [0.4, 0.5) is 0 Å². The van der Waals surface area contributed by atoms with E-state index in [0.29, 0.717) is 0 Å². The molecule has 0 N–H and O–H groups in total. The second kappa shape index (κ2) is 5.72. The Morgan fingerprint density at radius 1 is 0.625 bits per heavy atom. The van der Waals surface area contributed by atoms with Gasteiger partial charge in [0.2, 0.25) is 0 Å². The summed E-state index contributed by atoms with van der Waals surface area (Å²) in [6.07, 6.45) is 18.6. The quantitative estimate of drug-likeness (QED) is 0.642. The first-order valence-electron chi connectivity index (χ1n) is 5.40. The summed E-state index contributed by atoms with van der Waals surface area (Å²) in [5.41, 5.74) is 2.42. The lowest BCUT2D eigenvalue weighted by Crippen LogP contribution is -1.74. The first-order valence-corrected chi connectivity index (χ1v) is 5.40. The van der Waals surface area contributed by atoms with Gasteiger partial charge in [-0.15, -0.1) is 0 Å². The fourth-order valence-corrected chi connectivity index (χ4v) is 1.48. The van der Waals surface area contributed by atoms with Crippen LogP contribution < -0.4 is 0 Å². The second-order valence-corrected chi connectivity index (χ2v) is 3.54. The maximum Gasteiger partial charge on any atom is -0.0251 e. The van der Waals surface area contributed by atoms with Gasteiger partial charge >= 0.3 is 0 Å². The van der Waals surface area contributed by atoms with Crippen LogP contribution in [-0.4, -0.2) is 0 Å². The molecule has 2 rings (SSSR count). The Morgan fingerprint density at radius 2 is 1.19 bits per heavy atom. The van der Waals surface area contributed by atoms with Crippen LogP contribution >= 0.6 is 0 Å². The van der Waals surface area contributed by atoms with Crippen LogP contribution in [-0.2, 0) is 0 Å². The van der Waals surface area contributed by atoms with Crippen LogP contribution in [0.25, 0.3) is 6.08 Å². The van der Waals surface area contributed by atoms with Crippen molar-refractivity contribution in [2.75, 3.05) is 0 Å². The fourth-order valence-electron chi connectivity index (χ4n) is 1.48. The van der Waals surface area contributed by atoms with Gasteiger partial charge in [0.15, 0.2) is 0 Å². The zero-order chi connectivity index (χ0) is 11.1. The van der Waals surface area contributed by atoms with Gasteiger partial charge in [-0.3, -0.25) is 0 Å². The van der Waals surface area contributed by atoms with E-state index in [0.717, 1.165) is 0 Å². The van der Waals surface area contributed by atoms with Gasteiger partial charge in [0.25, 0.3) is 0 Å². The lowest BCUT2D eigenvalue weighted by Gasteiger charge is -1.95. The van der Waals surface area contributed by atoms with E-state index in [4.69, 9.17) is 0 Å². The predicted octanol–water partition coefficient (Wildman–Crippen LogP) is 4.31. The van der Waals surface area contributed by atoms with E-state index in [1.54, 1.807) is 0 Å². The zero-order valence-electron chi connectivity index (χ0n) is 9.08. The van der Waals surface area contributed by atoms with Gasteiger partial charge in [0, 0.05) is 0 Å². The molecule has 0 fully saturated rings. The van der Waals surface area contributed by atoms with Gasteiger partial charge in [-0.25, -0.2) is 0 Å². The van der Waals surface area contributed by atoms with Crippen molar-refractivity contribution in [1.29, 1.82) is 0 Å². The molecule has 0 saturated heterocycles. The molecule has 0 amide bonds. The van der Waals surface area contributed by atoms with Gasteiger partial charge < -0.3 is 0 Å². The largest absolute Gasteiger partial charge is 0.0623 e. The van der Waals surface area contributed by atoms with Crippen LogP contribution in [0.2, 0.25) is 0 Å². The number of rotatable bonds is 1. The second-order valence-electron chi connectivity index (χ2n) is 3.54. The molecule has 0 nitrogen and oxygen atoms in total. The van der Waals surface area contributed by atoms with Crippen molar-refractivity contribution < 1.29 is 0 Å². The van der Waals surface area contributed by atoms with Crippen molar-refractivity contribution in [2.24, 2.45) is 0 Å². The van der Waals surface area contributed by atoms with Gasteiger partial charge in [0.05, 0.1) is 0 Å². The number of benzene rings is 1. The number of hydrogen-bond donors (Lipinski definition) is 0. The molecule has 1 aliphatic carbocycles. The van der Waals surface area contributed by atoms with Crippen LogP contribution in [0.3, 0.4) is 0 Å². The van der Waals surface area contributed by atoms with E-state index in [9.17, 15) is 0 Å². The van der Waals surface area contributed by atoms with Gasteiger partial charge in [0.1, 0.15) is 0 Å². The van der Waals surface area contributed by atoms with E-state index in [2.05, 4.69) is 54.6 Å². The average Bonchev–Trinajstić information content (AvgIpc) is 2.45. The van der Waals surface area contributed by atoms with E-state index in [1.165, 1.54) is 11.1 Å². The van der Waals surface area contributed by atoms with Crippen molar-refractivity contribution in [3.63, 3.8) is 0 Å². The molecule has 1 aromatic carbocycles. The molecule has 78 valence electrons. The summed E-state index contributed by atoms with van der Waals surface area (Å²) >= 11 is 0. The van der Waals surface area contributed by atoms with Crippen molar-refractivity contribution in [3.8, 4) is 0 Å². The first kappa shape index (κ1) is 10.4.